The molecule has 1 aromatic carbocycles. The van der Waals surface area contributed by atoms with Crippen LogP contribution in [0.2, 0.25) is 0 Å². The molecule has 1 atom stereocenters. The summed E-state index contributed by atoms with van der Waals surface area (Å²) in [5.41, 5.74) is 7.69. The first kappa shape index (κ1) is 14.3. The fraction of sp³-hybridized carbons (Fsp3) is 0.533. The van der Waals surface area contributed by atoms with Crippen molar-refractivity contribution in [2.75, 3.05) is 20.2 Å². The third kappa shape index (κ3) is 3.45. The van der Waals surface area contributed by atoms with Crippen molar-refractivity contribution in [2.24, 2.45) is 5.73 Å². The minimum absolute atomic E-state index is 0.399. The normalized spacial score (nSPS) is 20.2. The summed E-state index contributed by atoms with van der Waals surface area (Å²) in [6, 6.07) is 6.41. The highest BCUT2D eigenvalue weighted by molar-refractivity contribution is 7.80. The first-order valence-electron chi connectivity index (χ1n) is 6.82. The number of aryl methyl sites for hydroxylation is 1. The minimum atomic E-state index is 0.399. The number of para-hydroxylation sites is 1. The maximum atomic E-state index is 6.03. The number of likely N-dealkylation sites (N-methyl/N-ethyl adjacent to an activating group) is 1. The molecule has 0 amide bonds. The summed E-state index contributed by atoms with van der Waals surface area (Å²) in [5, 5.41) is 0. The van der Waals surface area contributed by atoms with Crippen molar-refractivity contribution >= 4 is 17.2 Å². The van der Waals surface area contributed by atoms with Crippen LogP contribution in [0, 0.1) is 6.92 Å². The monoisotopic (exact) mass is 278 g/mol. The van der Waals surface area contributed by atoms with Gasteiger partial charge >= 0.3 is 0 Å². The average molecular weight is 278 g/mol. The van der Waals surface area contributed by atoms with Crippen molar-refractivity contribution < 1.29 is 4.74 Å². The summed E-state index contributed by atoms with van der Waals surface area (Å²) in [6.07, 6.45) is 3.77. The highest BCUT2D eigenvalue weighted by atomic mass is 32.1. The molecule has 19 heavy (non-hydrogen) atoms. The molecule has 2 rings (SSSR count). The zero-order valence-corrected chi connectivity index (χ0v) is 12.5. The summed E-state index contributed by atoms with van der Waals surface area (Å²) < 4.78 is 6.03. The molecule has 1 fully saturated rings. The van der Waals surface area contributed by atoms with E-state index in [9.17, 15) is 0 Å². The molecule has 3 nitrogen and oxygen atoms in total. The third-order valence-corrected chi connectivity index (χ3v) is 4.04. The fourth-order valence-electron chi connectivity index (χ4n) is 2.57. The Hall–Kier alpha value is -1.13. The Morgan fingerprint density at radius 3 is 2.95 bits per heavy atom. The second-order valence-corrected chi connectivity index (χ2v) is 5.70. The second-order valence-electron chi connectivity index (χ2n) is 5.26. The average Bonchev–Trinajstić information content (AvgIpc) is 2.38. The van der Waals surface area contributed by atoms with Crippen LogP contribution in [0.25, 0.3) is 0 Å². The van der Waals surface area contributed by atoms with Gasteiger partial charge < -0.3 is 15.4 Å². The topological polar surface area (TPSA) is 38.5 Å². The molecular formula is C15H22N2OS. The summed E-state index contributed by atoms with van der Waals surface area (Å²) in [7, 11) is 2.17. The molecule has 0 radical (unpaired) electrons. The van der Waals surface area contributed by atoms with E-state index >= 15 is 0 Å². The maximum absolute atomic E-state index is 6.03. The Morgan fingerprint density at radius 2 is 2.26 bits per heavy atom. The van der Waals surface area contributed by atoms with E-state index in [0.717, 1.165) is 23.4 Å². The molecule has 2 N–H and O–H groups in total. The largest absolute Gasteiger partial charge is 0.491 e. The van der Waals surface area contributed by atoms with E-state index in [1.807, 2.05) is 25.1 Å². The van der Waals surface area contributed by atoms with Crippen molar-refractivity contribution in [1.29, 1.82) is 0 Å². The van der Waals surface area contributed by atoms with Gasteiger partial charge in [0.2, 0.25) is 0 Å². The van der Waals surface area contributed by atoms with Gasteiger partial charge in [0.05, 0.1) is 5.56 Å². The van der Waals surface area contributed by atoms with Crippen molar-refractivity contribution in [1.82, 2.24) is 4.90 Å². The highest BCUT2D eigenvalue weighted by Gasteiger charge is 2.20. The van der Waals surface area contributed by atoms with Gasteiger partial charge in [-0.05, 0) is 45.0 Å². The Bertz CT molecular complexity index is 461. The van der Waals surface area contributed by atoms with Crippen LogP contribution in [0.15, 0.2) is 18.2 Å². The van der Waals surface area contributed by atoms with Crippen LogP contribution >= 0.6 is 12.2 Å². The molecule has 0 bridgehead atoms. The number of thiocarbonyl (C=S) groups is 1. The number of piperidine rings is 1. The van der Waals surface area contributed by atoms with Gasteiger partial charge in [0.15, 0.2) is 0 Å². The molecule has 104 valence electrons. The van der Waals surface area contributed by atoms with Crippen LogP contribution in [0.5, 0.6) is 5.75 Å². The van der Waals surface area contributed by atoms with Crippen LogP contribution in [-0.2, 0) is 0 Å². The quantitative estimate of drug-likeness (QED) is 0.859. The number of likely N-dealkylation sites (tertiary alicyclic amines) is 1. The molecule has 0 aromatic heterocycles. The van der Waals surface area contributed by atoms with Gasteiger partial charge in [-0.1, -0.05) is 30.8 Å². The van der Waals surface area contributed by atoms with E-state index in [4.69, 9.17) is 22.7 Å². The molecule has 1 aliphatic heterocycles. The smallest absolute Gasteiger partial charge is 0.132 e. The van der Waals surface area contributed by atoms with E-state index < -0.39 is 0 Å². The number of hydrogen-bond donors (Lipinski definition) is 1. The van der Waals surface area contributed by atoms with Crippen molar-refractivity contribution in [3.8, 4) is 5.75 Å². The Kier molecular flexibility index (Phi) is 4.77. The van der Waals surface area contributed by atoms with Gasteiger partial charge in [0, 0.05) is 6.04 Å². The highest BCUT2D eigenvalue weighted by Crippen LogP contribution is 2.25. The van der Waals surface area contributed by atoms with Crippen LogP contribution in [0.1, 0.15) is 30.4 Å². The molecular weight excluding hydrogens is 256 g/mol. The first-order chi connectivity index (χ1) is 9.09. The van der Waals surface area contributed by atoms with Gasteiger partial charge in [-0.15, -0.1) is 0 Å². The lowest BCUT2D eigenvalue weighted by molar-refractivity contribution is 0.124. The predicted octanol–water partition coefficient (Wildman–Crippen LogP) is 2.49. The van der Waals surface area contributed by atoms with Crippen molar-refractivity contribution in [2.45, 2.75) is 32.2 Å². The van der Waals surface area contributed by atoms with Gasteiger partial charge in [0.25, 0.3) is 0 Å². The lowest BCUT2D eigenvalue weighted by Crippen LogP contribution is -2.40. The maximum Gasteiger partial charge on any atom is 0.132 e. The molecule has 1 unspecified atom stereocenters. The number of hydrogen-bond acceptors (Lipinski definition) is 3. The van der Waals surface area contributed by atoms with Gasteiger partial charge in [0.1, 0.15) is 17.3 Å². The molecule has 1 aliphatic rings. The molecule has 0 spiro atoms. The Balaban J connectivity index is 2.08. The zero-order valence-electron chi connectivity index (χ0n) is 11.7. The molecule has 1 aromatic rings. The van der Waals surface area contributed by atoms with E-state index in [1.54, 1.807) is 0 Å². The third-order valence-electron chi connectivity index (χ3n) is 3.82. The SMILES string of the molecule is Cc1cccc(C(N)=S)c1OCC1CCCCN1C. The van der Waals surface area contributed by atoms with E-state index in [2.05, 4.69) is 11.9 Å². The molecule has 1 heterocycles. The second kappa shape index (κ2) is 6.35. The van der Waals surface area contributed by atoms with Crippen molar-refractivity contribution in [3.05, 3.63) is 29.3 Å². The van der Waals surface area contributed by atoms with Gasteiger partial charge in [-0.2, -0.15) is 0 Å². The molecule has 4 heteroatoms. The summed E-state index contributed by atoms with van der Waals surface area (Å²) in [5.74, 6) is 0.842. The summed E-state index contributed by atoms with van der Waals surface area (Å²) in [6.45, 7) is 3.89. The van der Waals surface area contributed by atoms with Crippen LogP contribution < -0.4 is 10.5 Å². The standard InChI is InChI=1S/C15H22N2OS/c1-11-6-5-8-13(15(16)19)14(11)18-10-12-7-3-4-9-17(12)2/h5-6,8,12H,3-4,7,9-10H2,1-2H3,(H2,16,19). The molecule has 1 saturated heterocycles. The minimum Gasteiger partial charge on any atom is -0.491 e. The van der Waals surface area contributed by atoms with Crippen LogP contribution in [-0.4, -0.2) is 36.1 Å². The van der Waals surface area contributed by atoms with Crippen LogP contribution in [0.4, 0.5) is 0 Å². The lowest BCUT2D eigenvalue weighted by Gasteiger charge is -2.32. The van der Waals surface area contributed by atoms with Crippen molar-refractivity contribution in [3.63, 3.8) is 0 Å². The van der Waals surface area contributed by atoms with Gasteiger partial charge in [-0.3, -0.25) is 0 Å². The molecule has 0 aliphatic carbocycles. The Labute approximate surface area is 120 Å². The predicted molar refractivity (Wildman–Crippen MR) is 82.8 cm³/mol. The number of nitrogens with zero attached hydrogens (tertiary/aromatic N) is 1. The Morgan fingerprint density at radius 1 is 1.47 bits per heavy atom. The summed E-state index contributed by atoms with van der Waals surface area (Å²) in [4.78, 5) is 2.78. The summed E-state index contributed by atoms with van der Waals surface area (Å²) >= 11 is 5.09. The fourth-order valence-corrected chi connectivity index (χ4v) is 2.73. The molecule has 0 saturated carbocycles. The number of rotatable bonds is 4. The van der Waals surface area contributed by atoms with Crippen LogP contribution in [0.3, 0.4) is 0 Å². The number of nitrogens with two attached hydrogens (primary N) is 1. The van der Waals surface area contributed by atoms with E-state index in [0.29, 0.717) is 17.6 Å². The first-order valence-corrected chi connectivity index (χ1v) is 7.23. The van der Waals surface area contributed by atoms with E-state index in [-0.39, 0.29) is 0 Å². The number of benzene rings is 1. The van der Waals surface area contributed by atoms with Gasteiger partial charge in [-0.25, -0.2) is 0 Å². The number of ether oxygens (including phenoxy) is 1. The lowest BCUT2D eigenvalue weighted by atomic mass is 10.0. The zero-order chi connectivity index (χ0) is 13.8. The van der Waals surface area contributed by atoms with E-state index in [1.165, 1.54) is 19.3 Å².